The Morgan fingerprint density at radius 1 is 0.396 bits per heavy atom. The third-order valence-electron chi connectivity index (χ3n) is 9.90. The van der Waals surface area contributed by atoms with Gasteiger partial charge >= 0.3 is 11.9 Å². The second kappa shape index (κ2) is 40.3. The van der Waals surface area contributed by atoms with Crippen molar-refractivity contribution in [2.75, 3.05) is 13.2 Å². The molecule has 0 amide bonds. The number of esters is 2. The monoisotopic (exact) mass is 681 g/mol. The van der Waals surface area contributed by atoms with E-state index in [9.17, 15) is 14.7 Å². The number of aliphatic hydroxyl groups is 1. The number of unbranched alkanes of at least 4 members (excludes halogenated alkanes) is 32. The first kappa shape index (κ1) is 46.9. The summed E-state index contributed by atoms with van der Waals surface area (Å²) in [5.41, 5.74) is 0. The molecule has 1 atom stereocenters. The highest BCUT2D eigenvalue weighted by atomic mass is 16.6. The van der Waals surface area contributed by atoms with Crippen LogP contribution >= 0.6 is 0 Å². The number of hydrogen-bond donors (Lipinski definition) is 1. The molecular formula is C43H84O5. The molecule has 0 aliphatic rings. The maximum atomic E-state index is 12.1. The molecule has 0 bridgehead atoms. The van der Waals surface area contributed by atoms with E-state index in [-0.39, 0.29) is 25.2 Å². The SMILES string of the molecule is CCCCCCCCCCCCCCCCCCCCCCCCCCCCCC(=O)OC(CO)COC(=O)CCCCCCCCC. The Morgan fingerprint density at radius 3 is 0.917 bits per heavy atom. The number of carbonyl (C=O) groups excluding carboxylic acids is 2. The van der Waals surface area contributed by atoms with Crippen LogP contribution in [0.2, 0.25) is 0 Å². The zero-order valence-electron chi connectivity index (χ0n) is 32.5. The molecule has 48 heavy (non-hydrogen) atoms. The van der Waals surface area contributed by atoms with Gasteiger partial charge in [0.2, 0.25) is 0 Å². The quantitative estimate of drug-likeness (QED) is 0.0515. The summed E-state index contributed by atoms with van der Waals surface area (Å²) in [6.07, 6.45) is 45.0. The Bertz CT molecular complexity index is 651. The first-order chi connectivity index (χ1) is 23.6. The summed E-state index contributed by atoms with van der Waals surface area (Å²) in [5.74, 6) is -0.583. The average Bonchev–Trinajstić information content (AvgIpc) is 3.09. The van der Waals surface area contributed by atoms with Crippen LogP contribution in [0.15, 0.2) is 0 Å². The average molecular weight is 681 g/mol. The van der Waals surface area contributed by atoms with Gasteiger partial charge in [-0.25, -0.2) is 0 Å². The Labute approximate surface area is 299 Å². The second-order valence-corrected chi connectivity index (χ2v) is 14.8. The van der Waals surface area contributed by atoms with Crippen LogP contribution in [0.5, 0.6) is 0 Å². The molecule has 0 rings (SSSR count). The van der Waals surface area contributed by atoms with Crippen LogP contribution in [0.3, 0.4) is 0 Å². The number of rotatable bonds is 40. The molecule has 0 aliphatic heterocycles. The molecule has 0 radical (unpaired) electrons. The van der Waals surface area contributed by atoms with Gasteiger partial charge in [0.05, 0.1) is 6.61 Å². The molecule has 5 heteroatoms. The van der Waals surface area contributed by atoms with Crippen LogP contribution in [-0.4, -0.2) is 36.4 Å². The fourth-order valence-corrected chi connectivity index (χ4v) is 6.62. The second-order valence-electron chi connectivity index (χ2n) is 14.8. The third kappa shape index (κ3) is 37.7. The van der Waals surface area contributed by atoms with E-state index in [1.54, 1.807) is 0 Å². The van der Waals surface area contributed by atoms with Gasteiger partial charge in [-0.3, -0.25) is 9.59 Å². The maximum absolute atomic E-state index is 12.1. The Kier molecular flexibility index (Phi) is 39.4. The topological polar surface area (TPSA) is 72.8 Å². The molecule has 0 heterocycles. The van der Waals surface area contributed by atoms with E-state index in [4.69, 9.17) is 9.47 Å². The Hall–Kier alpha value is -1.10. The van der Waals surface area contributed by atoms with E-state index >= 15 is 0 Å². The summed E-state index contributed by atoms with van der Waals surface area (Å²) in [6.45, 7) is 4.12. The fraction of sp³-hybridized carbons (Fsp3) is 0.953. The molecule has 0 aromatic carbocycles. The number of hydrogen-bond acceptors (Lipinski definition) is 5. The Morgan fingerprint density at radius 2 is 0.646 bits per heavy atom. The van der Waals surface area contributed by atoms with Crippen LogP contribution in [0.1, 0.15) is 245 Å². The summed E-state index contributed by atoms with van der Waals surface area (Å²) in [6, 6.07) is 0. The van der Waals surface area contributed by atoms with E-state index in [0.29, 0.717) is 12.8 Å². The molecule has 5 nitrogen and oxygen atoms in total. The highest BCUT2D eigenvalue weighted by Crippen LogP contribution is 2.17. The van der Waals surface area contributed by atoms with Gasteiger partial charge in [-0.15, -0.1) is 0 Å². The van der Waals surface area contributed by atoms with Crippen LogP contribution < -0.4 is 0 Å². The highest BCUT2D eigenvalue weighted by Gasteiger charge is 2.16. The summed E-state index contributed by atoms with van der Waals surface area (Å²) in [7, 11) is 0. The minimum absolute atomic E-state index is 0.0584. The van der Waals surface area contributed by atoms with Crippen molar-refractivity contribution in [1.29, 1.82) is 0 Å². The molecule has 1 N–H and O–H groups in total. The maximum Gasteiger partial charge on any atom is 0.306 e. The lowest BCUT2D eigenvalue weighted by Gasteiger charge is -2.15. The Balaban J connectivity index is 3.35. The van der Waals surface area contributed by atoms with Crippen molar-refractivity contribution >= 4 is 11.9 Å². The zero-order chi connectivity index (χ0) is 35.0. The van der Waals surface area contributed by atoms with E-state index in [0.717, 1.165) is 38.5 Å². The molecule has 0 aliphatic carbocycles. The van der Waals surface area contributed by atoms with Gasteiger partial charge in [-0.1, -0.05) is 219 Å². The van der Waals surface area contributed by atoms with Gasteiger partial charge in [0.25, 0.3) is 0 Å². The number of aliphatic hydroxyl groups excluding tert-OH is 1. The van der Waals surface area contributed by atoms with Crippen molar-refractivity contribution in [3.63, 3.8) is 0 Å². The first-order valence-electron chi connectivity index (χ1n) is 21.6. The van der Waals surface area contributed by atoms with Crippen LogP contribution in [-0.2, 0) is 19.1 Å². The molecule has 0 saturated carbocycles. The highest BCUT2D eigenvalue weighted by molar-refractivity contribution is 5.70. The predicted molar refractivity (Wildman–Crippen MR) is 205 cm³/mol. The van der Waals surface area contributed by atoms with Crippen molar-refractivity contribution in [2.24, 2.45) is 0 Å². The van der Waals surface area contributed by atoms with Gasteiger partial charge in [-0.05, 0) is 12.8 Å². The van der Waals surface area contributed by atoms with Crippen molar-refractivity contribution in [1.82, 2.24) is 0 Å². The molecular weight excluding hydrogens is 596 g/mol. The van der Waals surface area contributed by atoms with Crippen molar-refractivity contribution in [3.05, 3.63) is 0 Å². The standard InChI is InChI=1S/C43H84O5/c1-3-5-7-9-11-12-13-14-15-16-17-18-19-20-21-22-23-24-25-26-27-28-29-30-32-34-36-38-43(46)48-41(39-44)40-47-42(45)37-35-33-31-10-8-6-4-2/h41,44H,3-40H2,1-2H3. The smallest absolute Gasteiger partial charge is 0.306 e. The van der Waals surface area contributed by atoms with Gasteiger partial charge < -0.3 is 14.6 Å². The van der Waals surface area contributed by atoms with Crippen LogP contribution in [0.4, 0.5) is 0 Å². The number of ether oxygens (including phenoxy) is 2. The molecule has 0 fully saturated rings. The van der Waals surface area contributed by atoms with E-state index in [2.05, 4.69) is 13.8 Å². The molecule has 0 spiro atoms. The van der Waals surface area contributed by atoms with Gasteiger partial charge in [0.1, 0.15) is 6.61 Å². The summed E-state index contributed by atoms with van der Waals surface area (Å²) < 4.78 is 10.6. The fourth-order valence-electron chi connectivity index (χ4n) is 6.62. The van der Waals surface area contributed by atoms with Crippen molar-refractivity contribution < 1.29 is 24.2 Å². The zero-order valence-corrected chi connectivity index (χ0v) is 32.5. The lowest BCUT2D eigenvalue weighted by atomic mass is 10.0. The minimum atomic E-state index is -0.760. The van der Waals surface area contributed by atoms with E-state index in [1.807, 2.05) is 0 Å². The molecule has 286 valence electrons. The minimum Gasteiger partial charge on any atom is -0.462 e. The van der Waals surface area contributed by atoms with Crippen molar-refractivity contribution in [3.8, 4) is 0 Å². The molecule has 0 aromatic heterocycles. The lowest BCUT2D eigenvalue weighted by Crippen LogP contribution is -2.28. The third-order valence-corrected chi connectivity index (χ3v) is 9.90. The molecule has 0 aromatic rings. The van der Waals surface area contributed by atoms with Gasteiger partial charge in [-0.2, -0.15) is 0 Å². The van der Waals surface area contributed by atoms with E-state index < -0.39 is 6.10 Å². The molecule has 0 saturated heterocycles. The largest absolute Gasteiger partial charge is 0.462 e. The van der Waals surface area contributed by atoms with Gasteiger partial charge in [0.15, 0.2) is 6.10 Å². The summed E-state index contributed by atoms with van der Waals surface area (Å²) in [5, 5.41) is 9.51. The molecule has 1 unspecified atom stereocenters. The lowest BCUT2D eigenvalue weighted by molar-refractivity contribution is -0.161. The van der Waals surface area contributed by atoms with Gasteiger partial charge in [0, 0.05) is 12.8 Å². The van der Waals surface area contributed by atoms with E-state index in [1.165, 1.54) is 180 Å². The predicted octanol–water partition coefficient (Wildman–Crippen LogP) is 13.5. The number of carbonyl (C=O) groups is 2. The van der Waals surface area contributed by atoms with Crippen LogP contribution in [0.25, 0.3) is 0 Å². The summed E-state index contributed by atoms with van der Waals surface area (Å²) >= 11 is 0. The van der Waals surface area contributed by atoms with Crippen LogP contribution in [0, 0.1) is 0 Å². The first-order valence-corrected chi connectivity index (χ1v) is 21.6. The van der Waals surface area contributed by atoms with Crippen molar-refractivity contribution in [2.45, 2.75) is 251 Å². The normalized spacial score (nSPS) is 12.0. The summed E-state index contributed by atoms with van der Waals surface area (Å²) in [4.78, 5) is 24.1.